The third-order valence-corrected chi connectivity index (χ3v) is 5.20. The quantitative estimate of drug-likeness (QED) is 0.790. The first-order valence-electron chi connectivity index (χ1n) is 7.37. The molecule has 1 aliphatic heterocycles. The van der Waals surface area contributed by atoms with E-state index < -0.39 is 10.0 Å². The van der Waals surface area contributed by atoms with E-state index in [1.807, 2.05) is 17.1 Å². The van der Waals surface area contributed by atoms with Crippen LogP contribution in [-0.2, 0) is 16.6 Å². The molecule has 0 radical (unpaired) electrons. The minimum absolute atomic E-state index is 0.109. The molecule has 1 saturated heterocycles. The Bertz CT molecular complexity index is 549. The second-order valence-corrected chi connectivity index (χ2v) is 7.47. The van der Waals surface area contributed by atoms with Crippen molar-refractivity contribution in [3.63, 3.8) is 0 Å². The van der Waals surface area contributed by atoms with Gasteiger partial charge in [0.2, 0.25) is 10.0 Å². The van der Waals surface area contributed by atoms with Crippen LogP contribution in [0.4, 0.5) is 0 Å². The molecule has 1 unspecified atom stereocenters. The lowest BCUT2D eigenvalue weighted by Crippen LogP contribution is -2.50. The van der Waals surface area contributed by atoms with Crippen molar-refractivity contribution in [3.8, 4) is 0 Å². The summed E-state index contributed by atoms with van der Waals surface area (Å²) < 4.78 is 26.6. The van der Waals surface area contributed by atoms with Crippen molar-refractivity contribution in [2.45, 2.75) is 25.9 Å². The Morgan fingerprint density at radius 3 is 2.52 bits per heavy atom. The maximum atomic E-state index is 11.5. The minimum atomic E-state index is -3.09. The Kier molecular flexibility index (Phi) is 5.37. The Hall–Kier alpha value is -0.960. The lowest BCUT2D eigenvalue weighted by Gasteiger charge is -2.37. The average molecular weight is 315 g/mol. The van der Waals surface area contributed by atoms with Crippen LogP contribution in [0.2, 0.25) is 0 Å². The molecule has 21 heavy (non-hydrogen) atoms. The number of rotatable bonds is 6. The van der Waals surface area contributed by atoms with Gasteiger partial charge >= 0.3 is 0 Å². The molecule has 1 atom stereocenters. The van der Waals surface area contributed by atoms with E-state index in [4.69, 9.17) is 5.73 Å². The van der Waals surface area contributed by atoms with Gasteiger partial charge in [0.25, 0.3) is 0 Å². The predicted octanol–water partition coefficient (Wildman–Crippen LogP) is -0.130. The monoisotopic (exact) mass is 315 g/mol. The fraction of sp³-hybridized carbons (Fsp3) is 0.769. The molecule has 8 heteroatoms. The highest BCUT2D eigenvalue weighted by Gasteiger charge is 2.28. The summed E-state index contributed by atoms with van der Waals surface area (Å²) in [5.41, 5.74) is 7.04. The molecule has 0 saturated carbocycles. The Morgan fingerprint density at radius 2 is 2.00 bits per heavy atom. The first-order chi connectivity index (χ1) is 9.95. The lowest BCUT2D eigenvalue weighted by molar-refractivity contribution is 0.140. The molecule has 0 bridgehead atoms. The summed E-state index contributed by atoms with van der Waals surface area (Å²) in [6, 6.07) is 0.109. The zero-order valence-corrected chi connectivity index (χ0v) is 13.6. The topological polar surface area (TPSA) is 84.5 Å². The standard InChI is InChI=1S/C13H25N5O2S/c1-3-4-17-11-12(10-15-17)13(9-14)16-5-7-18(8-6-16)21(2,19)20/h10-11,13H,3-9,14H2,1-2H3. The summed E-state index contributed by atoms with van der Waals surface area (Å²) in [6.45, 7) is 5.99. The van der Waals surface area contributed by atoms with Gasteiger partial charge in [0, 0.05) is 51.0 Å². The zero-order valence-electron chi connectivity index (χ0n) is 12.8. The van der Waals surface area contributed by atoms with Crippen LogP contribution in [0.15, 0.2) is 12.4 Å². The van der Waals surface area contributed by atoms with Crippen LogP contribution in [0, 0.1) is 0 Å². The Balaban J connectivity index is 2.02. The number of aryl methyl sites for hydroxylation is 1. The SMILES string of the molecule is CCCn1cc(C(CN)N2CCN(S(C)(=O)=O)CC2)cn1. The molecule has 0 amide bonds. The Morgan fingerprint density at radius 1 is 1.33 bits per heavy atom. The molecule has 2 rings (SSSR count). The van der Waals surface area contributed by atoms with Crippen molar-refractivity contribution in [2.24, 2.45) is 5.73 Å². The van der Waals surface area contributed by atoms with Gasteiger partial charge in [0.15, 0.2) is 0 Å². The molecule has 7 nitrogen and oxygen atoms in total. The van der Waals surface area contributed by atoms with Gasteiger partial charge in [0.1, 0.15) is 0 Å². The number of hydrogen-bond donors (Lipinski definition) is 1. The molecule has 0 spiro atoms. The van der Waals surface area contributed by atoms with E-state index in [-0.39, 0.29) is 6.04 Å². The number of nitrogens with two attached hydrogens (primary N) is 1. The smallest absolute Gasteiger partial charge is 0.211 e. The molecule has 2 N–H and O–H groups in total. The molecule has 1 fully saturated rings. The summed E-state index contributed by atoms with van der Waals surface area (Å²) in [5.74, 6) is 0. The molecule has 120 valence electrons. The minimum Gasteiger partial charge on any atom is -0.329 e. The second kappa shape index (κ2) is 6.87. The van der Waals surface area contributed by atoms with Crippen LogP contribution >= 0.6 is 0 Å². The highest BCUT2D eigenvalue weighted by atomic mass is 32.2. The molecule has 0 aromatic carbocycles. The zero-order chi connectivity index (χ0) is 15.5. The van der Waals surface area contributed by atoms with Crippen LogP contribution < -0.4 is 5.73 Å². The molecule has 1 aromatic rings. The van der Waals surface area contributed by atoms with Crippen molar-refractivity contribution in [3.05, 3.63) is 18.0 Å². The van der Waals surface area contributed by atoms with E-state index >= 15 is 0 Å². The van der Waals surface area contributed by atoms with Gasteiger partial charge in [-0.25, -0.2) is 8.42 Å². The van der Waals surface area contributed by atoms with Crippen molar-refractivity contribution < 1.29 is 8.42 Å². The van der Waals surface area contributed by atoms with Gasteiger partial charge < -0.3 is 5.73 Å². The fourth-order valence-corrected chi connectivity index (χ4v) is 3.57. The predicted molar refractivity (Wildman–Crippen MR) is 82.3 cm³/mol. The van der Waals surface area contributed by atoms with Gasteiger partial charge in [-0.15, -0.1) is 0 Å². The number of aromatic nitrogens is 2. The molecular formula is C13H25N5O2S. The summed E-state index contributed by atoms with van der Waals surface area (Å²) >= 11 is 0. The van der Waals surface area contributed by atoms with Gasteiger partial charge in [0.05, 0.1) is 18.5 Å². The van der Waals surface area contributed by atoms with Crippen LogP contribution in [0.5, 0.6) is 0 Å². The largest absolute Gasteiger partial charge is 0.329 e. The first-order valence-corrected chi connectivity index (χ1v) is 9.22. The van der Waals surface area contributed by atoms with Crippen LogP contribution in [0.1, 0.15) is 24.9 Å². The van der Waals surface area contributed by atoms with Crippen molar-refractivity contribution in [1.82, 2.24) is 19.0 Å². The van der Waals surface area contributed by atoms with Gasteiger partial charge in [-0.05, 0) is 6.42 Å². The van der Waals surface area contributed by atoms with Gasteiger partial charge in [-0.3, -0.25) is 9.58 Å². The highest BCUT2D eigenvalue weighted by Crippen LogP contribution is 2.21. The van der Waals surface area contributed by atoms with E-state index in [0.29, 0.717) is 32.7 Å². The maximum absolute atomic E-state index is 11.5. The number of piperazine rings is 1. The number of nitrogens with zero attached hydrogens (tertiary/aromatic N) is 4. The van der Waals surface area contributed by atoms with E-state index in [1.54, 1.807) is 0 Å². The summed E-state index contributed by atoms with van der Waals surface area (Å²) in [7, 11) is -3.09. The Labute approximate surface area is 126 Å². The average Bonchev–Trinajstić information content (AvgIpc) is 2.88. The van der Waals surface area contributed by atoms with Gasteiger partial charge in [-0.1, -0.05) is 6.92 Å². The summed E-state index contributed by atoms with van der Waals surface area (Å²) in [5, 5.41) is 4.35. The number of sulfonamides is 1. The van der Waals surface area contributed by atoms with E-state index in [1.165, 1.54) is 10.6 Å². The first kappa shape index (κ1) is 16.4. The third kappa shape index (κ3) is 4.03. The maximum Gasteiger partial charge on any atom is 0.211 e. The lowest BCUT2D eigenvalue weighted by atomic mass is 10.1. The van der Waals surface area contributed by atoms with E-state index in [2.05, 4.69) is 16.9 Å². The van der Waals surface area contributed by atoms with Crippen LogP contribution in [0.3, 0.4) is 0 Å². The third-order valence-electron chi connectivity index (χ3n) is 3.90. The van der Waals surface area contributed by atoms with Crippen LogP contribution in [-0.4, -0.2) is 66.4 Å². The van der Waals surface area contributed by atoms with Gasteiger partial charge in [-0.2, -0.15) is 9.40 Å². The van der Waals surface area contributed by atoms with E-state index in [9.17, 15) is 8.42 Å². The van der Waals surface area contributed by atoms with Crippen molar-refractivity contribution in [2.75, 3.05) is 39.0 Å². The van der Waals surface area contributed by atoms with Crippen molar-refractivity contribution >= 4 is 10.0 Å². The fourth-order valence-electron chi connectivity index (χ4n) is 2.75. The summed E-state index contributed by atoms with van der Waals surface area (Å²) in [6.07, 6.45) is 6.22. The van der Waals surface area contributed by atoms with Crippen molar-refractivity contribution in [1.29, 1.82) is 0 Å². The normalized spacial score (nSPS) is 19.8. The van der Waals surface area contributed by atoms with Crippen LogP contribution in [0.25, 0.3) is 0 Å². The molecule has 1 aliphatic rings. The van der Waals surface area contributed by atoms with E-state index in [0.717, 1.165) is 18.5 Å². The second-order valence-electron chi connectivity index (χ2n) is 5.49. The molecule has 2 heterocycles. The molecule has 0 aliphatic carbocycles. The highest BCUT2D eigenvalue weighted by molar-refractivity contribution is 7.88. The molecular weight excluding hydrogens is 290 g/mol. The summed E-state index contributed by atoms with van der Waals surface area (Å²) in [4.78, 5) is 2.25. The molecule has 1 aromatic heterocycles. The number of hydrogen-bond acceptors (Lipinski definition) is 5.